The molecule has 0 amide bonds. The number of hydrogen-bond acceptors (Lipinski definition) is 3. The van der Waals surface area contributed by atoms with Crippen LogP contribution in [0, 0.1) is 11.6 Å². The third-order valence-electron chi connectivity index (χ3n) is 2.49. The predicted octanol–water partition coefficient (Wildman–Crippen LogP) is 2.70. The largest absolute Gasteiger partial charge is 0.491 e. The van der Waals surface area contributed by atoms with Gasteiger partial charge in [-0.05, 0) is 19.1 Å². The van der Waals surface area contributed by atoms with E-state index in [1.165, 1.54) is 0 Å². The molecule has 0 fully saturated rings. The molecule has 0 unspecified atom stereocenters. The Labute approximate surface area is 106 Å². The first-order valence-electron chi connectivity index (χ1n) is 5.15. The van der Waals surface area contributed by atoms with E-state index in [-0.39, 0.29) is 5.69 Å². The van der Waals surface area contributed by atoms with Crippen LogP contribution in [0.25, 0.3) is 0 Å². The van der Waals surface area contributed by atoms with E-state index in [0.717, 1.165) is 19.2 Å². The van der Waals surface area contributed by atoms with Gasteiger partial charge in [0.05, 0.1) is 19.3 Å². The lowest BCUT2D eigenvalue weighted by Crippen LogP contribution is -2.47. The highest BCUT2D eigenvalue weighted by atomic mass is 19.4. The predicted molar refractivity (Wildman–Crippen MR) is 58.1 cm³/mol. The second kappa shape index (κ2) is 5.20. The fraction of sp³-hybridized carbons (Fsp3) is 0.455. The van der Waals surface area contributed by atoms with E-state index in [2.05, 4.69) is 10.1 Å². The fourth-order valence-electron chi connectivity index (χ4n) is 1.24. The van der Waals surface area contributed by atoms with Gasteiger partial charge < -0.3 is 15.2 Å². The number of ether oxygens (including phenoxy) is 1. The molecule has 0 aromatic heterocycles. The molecule has 1 aromatic carbocycles. The number of benzene rings is 1. The Kier molecular flexibility index (Phi) is 4.24. The van der Waals surface area contributed by atoms with Gasteiger partial charge in [0.15, 0.2) is 17.2 Å². The highest BCUT2D eigenvalue weighted by Crippen LogP contribution is 2.33. The maximum atomic E-state index is 13.3. The number of nitrogens with one attached hydrogen (secondary N) is 1. The highest BCUT2D eigenvalue weighted by molar-refractivity contribution is 5.57. The van der Waals surface area contributed by atoms with Crippen LogP contribution < -0.4 is 10.1 Å². The van der Waals surface area contributed by atoms with Crippen molar-refractivity contribution < 1.29 is 31.8 Å². The maximum Gasteiger partial charge on any atom is 0.418 e. The van der Waals surface area contributed by atoms with E-state index in [1.807, 2.05) is 0 Å². The first-order valence-corrected chi connectivity index (χ1v) is 5.15. The van der Waals surface area contributed by atoms with E-state index in [1.54, 1.807) is 0 Å². The van der Waals surface area contributed by atoms with Gasteiger partial charge >= 0.3 is 6.18 Å². The molecular weight excluding hydrogens is 273 g/mol. The van der Waals surface area contributed by atoms with Crippen LogP contribution in [0.2, 0.25) is 0 Å². The Bertz CT molecular complexity index is 459. The molecule has 0 spiro atoms. The van der Waals surface area contributed by atoms with Gasteiger partial charge in [-0.1, -0.05) is 0 Å². The zero-order valence-corrected chi connectivity index (χ0v) is 10.1. The van der Waals surface area contributed by atoms with Crippen molar-refractivity contribution in [2.45, 2.75) is 18.7 Å². The molecule has 1 rings (SSSR count). The topological polar surface area (TPSA) is 41.5 Å². The first-order chi connectivity index (χ1) is 8.60. The minimum atomic E-state index is -4.86. The second-order valence-electron chi connectivity index (χ2n) is 4.07. The molecule has 8 heteroatoms. The molecule has 1 aromatic rings. The van der Waals surface area contributed by atoms with Gasteiger partial charge in [-0.25, -0.2) is 4.39 Å². The van der Waals surface area contributed by atoms with Crippen LogP contribution in [-0.2, 0) is 0 Å². The van der Waals surface area contributed by atoms with Gasteiger partial charge in [0.1, 0.15) is 0 Å². The second-order valence-corrected chi connectivity index (χ2v) is 4.07. The highest BCUT2D eigenvalue weighted by Gasteiger charge is 2.49. The normalized spacial score (nSPS) is 14.9. The number of alkyl halides is 3. The van der Waals surface area contributed by atoms with E-state index in [4.69, 9.17) is 0 Å². The lowest BCUT2D eigenvalue weighted by atomic mass is 10.1. The summed E-state index contributed by atoms with van der Waals surface area (Å²) in [5.41, 5.74) is -3.20. The van der Waals surface area contributed by atoms with E-state index >= 15 is 0 Å². The molecule has 2 N–H and O–H groups in total. The molecule has 1 atom stereocenters. The zero-order chi connectivity index (χ0) is 14.8. The van der Waals surface area contributed by atoms with Gasteiger partial charge in [0.25, 0.3) is 0 Å². The Morgan fingerprint density at radius 2 is 1.84 bits per heavy atom. The third kappa shape index (κ3) is 3.25. The van der Waals surface area contributed by atoms with Crippen molar-refractivity contribution in [1.29, 1.82) is 0 Å². The molecule has 108 valence electrons. The smallest absolute Gasteiger partial charge is 0.418 e. The summed E-state index contributed by atoms with van der Waals surface area (Å²) >= 11 is 0. The van der Waals surface area contributed by atoms with Crippen molar-refractivity contribution in [2.24, 2.45) is 0 Å². The molecule has 3 nitrogen and oxygen atoms in total. The summed E-state index contributed by atoms with van der Waals surface area (Å²) in [6, 6.07) is 1.76. The van der Waals surface area contributed by atoms with Crippen LogP contribution in [-0.4, -0.2) is 30.5 Å². The van der Waals surface area contributed by atoms with Crippen LogP contribution in [0.5, 0.6) is 5.75 Å². The Morgan fingerprint density at radius 3 is 2.32 bits per heavy atom. The summed E-state index contributed by atoms with van der Waals surface area (Å²) in [5, 5.41) is 11.4. The van der Waals surface area contributed by atoms with Crippen LogP contribution in [0.1, 0.15) is 6.92 Å². The standard InChI is InChI=1S/C11H12F5NO2/c1-10(18,11(14,15)16)5-17-7-4-3-6(12)8(13)9(7)19-2/h3-4,17-18H,5H2,1-2H3/t10-/m1/s1. The average Bonchev–Trinajstić information content (AvgIpc) is 2.29. The van der Waals surface area contributed by atoms with E-state index in [9.17, 15) is 27.1 Å². The van der Waals surface area contributed by atoms with Crippen molar-refractivity contribution in [3.05, 3.63) is 23.8 Å². The molecule has 0 bridgehead atoms. The van der Waals surface area contributed by atoms with Gasteiger partial charge in [0.2, 0.25) is 5.82 Å². The van der Waals surface area contributed by atoms with Crippen molar-refractivity contribution in [1.82, 2.24) is 0 Å². The summed E-state index contributed by atoms with van der Waals surface area (Å²) in [4.78, 5) is 0. The zero-order valence-electron chi connectivity index (χ0n) is 10.1. The number of halogens is 5. The number of anilines is 1. The van der Waals surface area contributed by atoms with Crippen LogP contribution in [0.3, 0.4) is 0 Å². The minimum absolute atomic E-state index is 0.189. The fourth-order valence-corrected chi connectivity index (χ4v) is 1.24. The van der Waals surface area contributed by atoms with Gasteiger partial charge in [0, 0.05) is 0 Å². The Morgan fingerprint density at radius 1 is 1.26 bits per heavy atom. The Hall–Kier alpha value is -1.57. The van der Waals surface area contributed by atoms with Crippen molar-refractivity contribution in [3.8, 4) is 5.75 Å². The molecule has 0 saturated carbocycles. The van der Waals surface area contributed by atoms with Crippen LogP contribution >= 0.6 is 0 Å². The molecule has 19 heavy (non-hydrogen) atoms. The SMILES string of the molecule is COc1c(NC[C@@](C)(O)C(F)(F)F)ccc(F)c1F. The molecule has 0 heterocycles. The maximum absolute atomic E-state index is 13.3. The average molecular weight is 285 g/mol. The van der Waals surface area contributed by atoms with Crippen molar-refractivity contribution in [2.75, 3.05) is 19.0 Å². The lowest BCUT2D eigenvalue weighted by Gasteiger charge is -2.27. The number of hydrogen-bond donors (Lipinski definition) is 2. The summed E-state index contributed by atoms with van der Waals surface area (Å²) in [7, 11) is 1.05. The summed E-state index contributed by atoms with van der Waals surface area (Å²) < 4.78 is 68.0. The van der Waals surface area contributed by atoms with Crippen LogP contribution in [0.4, 0.5) is 27.6 Å². The minimum Gasteiger partial charge on any atom is -0.491 e. The number of aliphatic hydroxyl groups is 1. The van der Waals surface area contributed by atoms with Crippen LogP contribution in [0.15, 0.2) is 12.1 Å². The summed E-state index contributed by atoms with van der Waals surface area (Å²) in [6.07, 6.45) is -4.86. The molecular formula is C11H12F5NO2. The van der Waals surface area contributed by atoms with Gasteiger partial charge in [-0.3, -0.25) is 0 Å². The summed E-state index contributed by atoms with van der Waals surface area (Å²) in [6.45, 7) is -0.371. The van der Waals surface area contributed by atoms with Gasteiger partial charge in [-0.15, -0.1) is 0 Å². The molecule has 0 aliphatic carbocycles. The monoisotopic (exact) mass is 285 g/mol. The van der Waals surface area contributed by atoms with E-state index in [0.29, 0.717) is 6.92 Å². The Balaban J connectivity index is 2.93. The third-order valence-corrected chi connectivity index (χ3v) is 2.49. The summed E-state index contributed by atoms with van der Waals surface area (Å²) in [5.74, 6) is -3.07. The molecule has 0 aliphatic heterocycles. The quantitative estimate of drug-likeness (QED) is 0.836. The first kappa shape index (κ1) is 15.5. The van der Waals surface area contributed by atoms with Crippen molar-refractivity contribution >= 4 is 5.69 Å². The molecule has 0 saturated heterocycles. The number of methoxy groups -OCH3 is 1. The van der Waals surface area contributed by atoms with Gasteiger partial charge in [-0.2, -0.15) is 17.6 Å². The van der Waals surface area contributed by atoms with Crippen molar-refractivity contribution in [3.63, 3.8) is 0 Å². The van der Waals surface area contributed by atoms with E-state index < -0.39 is 35.7 Å². The lowest BCUT2D eigenvalue weighted by molar-refractivity contribution is -0.246. The molecule has 0 aliphatic rings. The number of rotatable bonds is 4. The molecule has 0 radical (unpaired) electrons.